The molecule has 0 fully saturated rings. The van der Waals surface area contributed by atoms with Gasteiger partial charge in [-0.3, -0.25) is 9.59 Å². The van der Waals surface area contributed by atoms with E-state index in [0.717, 1.165) is 22.4 Å². The number of carbonyl (C=O) groups is 1. The molecule has 2 aromatic heterocycles. The van der Waals surface area contributed by atoms with Crippen LogP contribution in [-0.4, -0.2) is 25.2 Å². The van der Waals surface area contributed by atoms with E-state index in [-0.39, 0.29) is 17.3 Å². The van der Waals surface area contributed by atoms with Crippen LogP contribution in [-0.2, 0) is 13.1 Å². The average Bonchev–Trinajstić information content (AvgIpc) is 3.36. The summed E-state index contributed by atoms with van der Waals surface area (Å²) in [5.41, 5.74) is 3.60. The molecule has 0 unspecified atom stereocenters. The lowest BCUT2D eigenvalue weighted by atomic mass is 10.1. The number of pyridine rings is 1. The predicted molar refractivity (Wildman–Crippen MR) is 134 cm³/mol. The van der Waals surface area contributed by atoms with Gasteiger partial charge < -0.3 is 9.88 Å². The Labute approximate surface area is 202 Å². The van der Waals surface area contributed by atoms with E-state index in [0.29, 0.717) is 18.9 Å². The highest BCUT2D eigenvalue weighted by atomic mass is 16.2. The summed E-state index contributed by atoms with van der Waals surface area (Å²) in [6.07, 6.45) is 1.77. The molecule has 0 spiro atoms. The second kappa shape index (κ2) is 10.0. The van der Waals surface area contributed by atoms with Gasteiger partial charge in [-0.2, -0.15) is 0 Å². The van der Waals surface area contributed by atoms with Gasteiger partial charge in [0.05, 0.1) is 12.2 Å². The lowest BCUT2D eigenvalue weighted by molar-refractivity contribution is 0.0940. The van der Waals surface area contributed by atoms with Gasteiger partial charge in [-0.1, -0.05) is 78.9 Å². The van der Waals surface area contributed by atoms with Gasteiger partial charge in [0.2, 0.25) is 5.82 Å². The van der Waals surface area contributed by atoms with E-state index in [1.165, 1.54) is 0 Å². The molecule has 0 saturated heterocycles. The summed E-state index contributed by atoms with van der Waals surface area (Å²) in [7, 11) is 0. The van der Waals surface area contributed by atoms with E-state index >= 15 is 0 Å². The molecule has 0 aliphatic rings. The Morgan fingerprint density at radius 1 is 0.771 bits per heavy atom. The lowest BCUT2D eigenvalue weighted by Crippen LogP contribution is -2.24. The quantitative estimate of drug-likeness (QED) is 0.396. The van der Waals surface area contributed by atoms with E-state index in [9.17, 15) is 9.59 Å². The standard InChI is InChI=1S/C28H23N5O2/c34-25-13-7-8-18-32(25)20-22-16-14-21(15-17-22)19-29-28(35)26-30-27(23-9-3-1-4-10-23)33(31-26)24-11-5-2-6-12-24/h1-18H,19-20H2,(H,29,35). The molecule has 3 aromatic carbocycles. The number of aromatic nitrogens is 4. The second-order valence-corrected chi connectivity index (χ2v) is 8.04. The fourth-order valence-corrected chi connectivity index (χ4v) is 3.74. The van der Waals surface area contributed by atoms with Gasteiger partial charge in [-0.05, 0) is 29.3 Å². The molecule has 7 nitrogen and oxygen atoms in total. The monoisotopic (exact) mass is 461 g/mol. The fourth-order valence-electron chi connectivity index (χ4n) is 3.74. The number of amides is 1. The summed E-state index contributed by atoms with van der Waals surface area (Å²) < 4.78 is 3.33. The van der Waals surface area contributed by atoms with Gasteiger partial charge in [0.25, 0.3) is 11.5 Å². The molecule has 0 atom stereocenters. The topological polar surface area (TPSA) is 81.8 Å². The van der Waals surface area contributed by atoms with Crippen molar-refractivity contribution in [3.05, 3.63) is 137 Å². The Hall–Kier alpha value is -4.78. The average molecular weight is 462 g/mol. The first-order valence-electron chi connectivity index (χ1n) is 11.3. The van der Waals surface area contributed by atoms with Crippen molar-refractivity contribution in [2.45, 2.75) is 13.1 Å². The van der Waals surface area contributed by atoms with Crippen molar-refractivity contribution >= 4 is 5.91 Å². The van der Waals surface area contributed by atoms with Gasteiger partial charge in [-0.15, -0.1) is 5.10 Å². The molecule has 5 aromatic rings. The van der Waals surface area contributed by atoms with Crippen molar-refractivity contribution < 1.29 is 4.79 Å². The van der Waals surface area contributed by atoms with Crippen LogP contribution in [0.1, 0.15) is 21.7 Å². The molecule has 2 heterocycles. The molecule has 5 rings (SSSR count). The van der Waals surface area contributed by atoms with Crippen molar-refractivity contribution in [1.29, 1.82) is 0 Å². The molecule has 0 radical (unpaired) electrons. The molecular formula is C28H23N5O2. The van der Waals surface area contributed by atoms with Crippen LogP contribution < -0.4 is 10.9 Å². The number of nitrogens with zero attached hydrogens (tertiary/aromatic N) is 4. The highest BCUT2D eigenvalue weighted by Crippen LogP contribution is 2.21. The maximum atomic E-state index is 12.9. The fraction of sp³-hybridized carbons (Fsp3) is 0.0714. The summed E-state index contributed by atoms with van der Waals surface area (Å²) in [6, 6.07) is 32.2. The van der Waals surface area contributed by atoms with Gasteiger partial charge in [0, 0.05) is 24.4 Å². The number of carbonyl (C=O) groups excluding carboxylic acids is 1. The Bertz CT molecular complexity index is 1430. The van der Waals surface area contributed by atoms with Crippen molar-refractivity contribution in [2.24, 2.45) is 0 Å². The Morgan fingerprint density at radius 3 is 2.14 bits per heavy atom. The highest BCUT2D eigenvalue weighted by molar-refractivity contribution is 5.91. The van der Waals surface area contributed by atoms with Gasteiger partial charge in [0.15, 0.2) is 5.82 Å². The molecule has 35 heavy (non-hydrogen) atoms. The Balaban J connectivity index is 1.31. The summed E-state index contributed by atoms with van der Waals surface area (Å²) >= 11 is 0. The van der Waals surface area contributed by atoms with Gasteiger partial charge in [-0.25, -0.2) is 9.67 Å². The maximum Gasteiger partial charge on any atom is 0.291 e. The van der Waals surface area contributed by atoms with Crippen LogP contribution >= 0.6 is 0 Å². The first-order chi connectivity index (χ1) is 17.2. The SMILES string of the molecule is O=C(NCc1ccc(Cn2ccccc2=O)cc1)c1nc(-c2ccccc2)n(-c2ccccc2)n1. The van der Waals surface area contributed by atoms with Crippen LogP contribution in [0, 0.1) is 0 Å². The molecule has 0 saturated carbocycles. The van der Waals surface area contributed by atoms with E-state index in [4.69, 9.17) is 0 Å². The van der Waals surface area contributed by atoms with Crippen LogP contribution in [0.15, 0.2) is 114 Å². The Kier molecular flexibility index (Phi) is 6.30. The van der Waals surface area contributed by atoms with Crippen LogP contribution in [0.5, 0.6) is 0 Å². The second-order valence-electron chi connectivity index (χ2n) is 8.04. The predicted octanol–water partition coefficient (Wildman–Crippen LogP) is 4.07. The van der Waals surface area contributed by atoms with Crippen LogP contribution in [0.25, 0.3) is 17.1 Å². The molecular weight excluding hydrogens is 438 g/mol. The van der Waals surface area contributed by atoms with Crippen molar-refractivity contribution in [1.82, 2.24) is 24.6 Å². The molecule has 0 bridgehead atoms. The number of rotatable bonds is 7. The van der Waals surface area contributed by atoms with E-state index in [1.54, 1.807) is 27.6 Å². The zero-order valence-corrected chi connectivity index (χ0v) is 18.9. The zero-order valence-electron chi connectivity index (χ0n) is 18.9. The third-order valence-electron chi connectivity index (χ3n) is 5.57. The van der Waals surface area contributed by atoms with Gasteiger partial charge >= 0.3 is 0 Å². The first-order valence-corrected chi connectivity index (χ1v) is 11.3. The van der Waals surface area contributed by atoms with Crippen molar-refractivity contribution in [2.75, 3.05) is 0 Å². The smallest absolute Gasteiger partial charge is 0.291 e. The molecule has 172 valence electrons. The number of hydrogen-bond donors (Lipinski definition) is 1. The molecule has 1 amide bonds. The van der Waals surface area contributed by atoms with E-state index in [2.05, 4.69) is 15.4 Å². The normalized spacial score (nSPS) is 10.7. The van der Waals surface area contributed by atoms with Crippen LogP contribution in [0.4, 0.5) is 0 Å². The molecule has 0 aliphatic heterocycles. The minimum Gasteiger partial charge on any atom is -0.345 e. The highest BCUT2D eigenvalue weighted by Gasteiger charge is 2.18. The molecule has 1 N–H and O–H groups in total. The largest absolute Gasteiger partial charge is 0.345 e. The number of benzene rings is 3. The number of para-hydroxylation sites is 1. The molecule has 7 heteroatoms. The summed E-state index contributed by atoms with van der Waals surface area (Å²) in [5, 5.41) is 7.40. The summed E-state index contributed by atoms with van der Waals surface area (Å²) in [6.45, 7) is 0.834. The van der Waals surface area contributed by atoms with Crippen LogP contribution in [0.3, 0.4) is 0 Å². The van der Waals surface area contributed by atoms with Crippen LogP contribution in [0.2, 0.25) is 0 Å². The summed E-state index contributed by atoms with van der Waals surface area (Å²) in [5.74, 6) is 0.354. The van der Waals surface area contributed by atoms with Crippen molar-refractivity contribution in [3.8, 4) is 17.1 Å². The maximum absolute atomic E-state index is 12.9. The van der Waals surface area contributed by atoms with E-state index in [1.807, 2.05) is 91.0 Å². The van der Waals surface area contributed by atoms with Gasteiger partial charge in [0.1, 0.15) is 0 Å². The number of hydrogen-bond acceptors (Lipinski definition) is 4. The lowest BCUT2D eigenvalue weighted by Gasteiger charge is -2.07. The first kappa shape index (κ1) is 22.0. The van der Waals surface area contributed by atoms with E-state index < -0.39 is 0 Å². The minimum absolute atomic E-state index is 0.0406. The Morgan fingerprint density at radius 2 is 1.43 bits per heavy atom. The third-order valence-corrected chi connectivity index (χ3v) is 5.57. The van der Waals surface area contributed by atoms with Crippen molar-refractivity contribution in [3.63, 3.8) is 0 Å². The summed E-state index contributed by atoms with van der Waals surface area (Å²) in [4.78, 5) is 29.4. The minimum atomic E-state index is -0.350. The number of nitrogens with one attached hydrogen (secondary N) is 1. The third kappa shape index (κ3) is 5.09. The molecule has 0 aliphatic carbocycles. The zero-order chi connectivity index (χ0) is 24.0.